The smallest absolute Gasteiger partial charge is 0.125 e. The van der Waals surface area contributed by atoms with Crippen molar-refractivity contribution < 1.29 is 0 Å². The monoisotopic (exact) mass is 247 g/mol. The molecule has 18 heavy (non-hydrogen) atoms. The molecule has 0 spiro atoms. The Bertz CT molecular complexity index is 538. The van der Waals surface area contributed by atoms with Crippen molar-refractivity contribution in [2.45, 2.75) is 26.3 Å². The van der Waals surface area contributed by atoms with Gasteiger partial charge < -0.3 is 9.88 Å². The summed E-state index contributed by atoms with van der Waals surface area (Å²) in [7, 11) is 5.98. The molecule has 0 bridgehead atoms. The number of aryl methyl sites for hydroxylation is 3. The predicted molar refractivity (Wildman–Crippen MR) is 71.4 cm³/mol. The molecule has 0 aliphatic rings. The van der Waals surface area contributed by atoms with Crippen molar-refractivity contribution in [2.24, 2.45) is 14.1 Å². The quantitative estimate of drug-likeness (QED) is 0.885. The Morgan fingerprint density at radius 2 is 2.06 bits per heavy atom. The van der Waals surface area contributed by atoms with Crippen molar-refractivity contribution >= 4 is 0 Å². The summed E-state index contributed by atoms with van der Waals surface area (Å²) in [5.74, 6) is 1.06. The van der Waals surface area contributed by atoms with E-state index in [2.05, 4.69) is 33.8 Å². The molecule has 1 N–H and O–H groups in total. The fourth-order valence-electron chi connectivity index (χ4n) is 2.35. The van der Waals surface area contributed by atoms with Crippen LogP contribution >= 0.6 is 0 Å². The summed E-state index contributed by atoms with van der Waals surface area (Å²) in [4.78, 5) is 4.42. The van der Waals surface area contributed by atoms with Crippen LogP contribution in [0.3, 0.4) is 0 Å². The summed E-state index contributed by atoms with van der Waals surface area (Å²) in [6.07, 6.45) is 4.72. The molecule has 0 saturated heterocycles. The van der Waals surface area contributed by atoms with Gasteiger partial charge in [0.15, 0.2) is 0 Å². The van der Waals surface area contributed by atoms with Crippen LogP contribution < -0.4 is 5.32 Å². The summed E-state index contributed by atoms with van der Waals surface area (Å²) in [6.45, 7) is 4.17. The van der Waals surface area contributed by atoms with E-state index in [1.54, 1.807) is 0 Å². The largest absolute Gasteiger partial charge is 0.337 e. The molecule has 0 aliphatic heterocycles. The lowest BCUT2D eigenvalue weighted by atomic mass is 10.0. The molecule has 2 aromatic rings. The summed E-state index contributed by atoms with van der Waals surface area (Å²) in [5, 5.41) is 7.80. The molecule has 5 nitrogen and oxygen atoms in total. The van der Waals surface area contributed by atoms with Crippen LogP contribution in [-0.4, -0.2) is 26.4 Å². The highest BCUT2D eigenvalue weighted by molar-refractivity contribution is 5.26. The van der Waals surface area contributed by atoms with Gasteiger partial charge in [-0.3, -0.25) is 4.68 Å². The molecule has 0 saturated carbocycles. The molecule has 2 rings (SSSR count). The summed E-state index contributed by atoms with van der Waals surface area (Å²) in [6, 6.07) is 0.214. The third-order valence-electron chi connectivity index (χ3n) is 3.59. The zero-order chi connectivity index (χ0) is 13.3. The molecular weight excluding hydrogens is 226 g/mol. The van der Waals surface area contributed by atoms with Crippen LogP contribution in [0.1, 0.15) is 28.8 Å². The Labute approximate surface area is 108 Å². The molecule has 98 valence electrons. The van der Waals surface area contributed by atoms with E-state index in [4.69, 9.17) is 0 Å². The summed E-state index contributed by atoms with van der Waals surface area (Å²) >= 11 is 0. The first-order valence-electron chi connectivity index (χ1n) is 6.18. The lowest BCUT2D eigenvalue weighted by Gasteiger charge is -2.16. The highest BCUT2D eigenvalue weighted by Crippen LogP contribution is 2.21. The molecular formula is C13H21N5. The van der Waals surface area contributed by atoms with Gasteiger partial charge in [-0.15, -0.1) is 0 Å². The Morgan fingerprint density at radius 3 is 2.50 bits per heavy atom. The van der Waals surface area contributed by atoms with Gasteiger partial charge in [0.25, 0.3) is 0 Å². The van der Waals surface area contributed by atoms with Gasteiger partial charge in [-0.1, -0.05) is 0 Å². The third-order valence-corrected chi connectivity index (χ3v) is 3.59. The van der Waals surface area contributed by atoms with E-state index < -0.39 is 0 Å². The number of imidazole rings is 1. The van der Waals surface area contributed by atoms with Gasteiger partial charge in [0, 0.05) is 32.2 Å². The van der Waals surface area contributed by atoms with E-state index >= 15 is 0 Å². The fourth-order valence-corrected chi connectivity index (χ4v) is 2.35. The average molecular weight is 247 g/mol. The average Bonchev–Trinajstić information content (AvgIpc) is 2.84. The third kappa shape index (κ3) is 2.18. The van der Waals surface area contributed by atoms with E-state index in [9.17, 15) is 0 Å². The maximum atomic E-state index is 4.46. The second-order valence-corrected chi connectivity index (χ2v) is 4.71. The van der Waals surface area contributed by atoms with Gasteiger partial charge in [0.05, 0.1) is 11.7 Å². The second kappa shape index (κ2) is 4.94. The first kappa shape index (κ1) is 12.8. The fraction of sp³-hybridized carbons (Fsp3) is 0.538. The highest BCUT2D eigenvalue weighted by Gasteiger charge is 2.19. The Hall–Kier alpha value is -1.62. The number of hydrogen-bond acceptors (Lipinski definition) is 3. The first-order valence-corrected chi connectivity index (χ1v) is 6.18. The second-order valence-electron chi connectivity index (χ2n) is 4.71. The molecule has 2 aromatic heterocycles. The van der Waals surface area contributed by atoms with E-state index in [0.717, 1.165) is 17.9 Å². The number of hydrogen-bond donors (Lipinski definition) is 1. The summed E-state index contributed by atoms with van der Waals surface area (Å²) < 4.78 is 4.00. The molecule has 1 unspecified atom stereocenters. The lowest BCUT2D eigenvalue weighted by Crippen LogP contribution is -2.22. The Kier molecular flexibility index (Phi) is 3.52. The number of likely N-dealkylation sites (N-methyl/N-ethyl adjacent to an activating group) is 1. The number of nitrogens with one attached hydrogen (secondary N) is 1. The Balaban J connectivity index is 2.29. The van der Waals surface area contributed by atoms with Crippen LogP contribution in [0.15, 0.2) is 12.4 Å². The van der Waals surface area contributed by atoms with Crippen LogP contribution in [0, 0.1) is 13.8 Å². The molecule has 0 radical (unpaired) electrons. The minimum absolute atomic E-state index is 0.214. The standard InChI is InChI=1S/C13H21N5/c1-9-11(10(2)18(5)16-9)8-12(14-3)13-15-6-7-17(13)4/h6-7,12,14H,8H2,1-5H3. The van der Waals surface area contributed by atoms with Gasteiger partial charge in [-0.05, 0) is 32.9 Å². The predicted octanol–water partition coefficient (Wildman–Crippen LogP) is 1.27. The van der Waals surface area contributed by atoms with E-state index in [1.807, 2.05) is 38.2 Å². The minimum atomic E-state index is 0.214. The maximum Gasteiger partial charge on any atom is 0.125 e. The van der Waals surface area contributed by atoms with Crippen molar-refractivity contribution in [1.29, 1.82) is 0 Å². The molecule has 0 aromatic carbocycles. The van der Waals surface area contributed by atoms with Crippen molar-refractivity contribution in [1.82, 2.24) is 24.6 Å². The zero-order valence-corrected chi connectivity index (χ0v) is 11.7. The number of rotatable bonds is 4. The minimum Gasteiger partial charge on any atom is -0.337 e. The van der Waals surface area contributed by atoms with Crippen LogP contribution in [0.2, 0.25) is 0 Å². The normalized spacial score (nSPS) is 12.9. The Morgan fingerprint density at radius 1 is 1.33 bits per heavy atom. The maximum absolute atomic E-state index is 4.46. The lowest BCUT2D eigenvalue weighted by molar-refractivity contribution is 0.536. The SMILES string of the molecule is CNC(Cc1c(C)nn(C)c1C)c1nccn1C. The molecule has 0 aliphatic carbocycles. The van der Waals surface area contributed by atoms with Crippen LogP contribution in [0.25, 0.3) is 0 Å². The molecule has 0 amide bonds. The van der Waals surface area contributed by atoms with Crippen LogP contribution in [0.4, 0.5) is 0 Å². The van der Waals surface area contributed by atoms with Gasteiger partial charge in [-0.25, -0.2) is 4.98 Å². The molecule has 1 atom stereocenters. The van der Waals surface area contributed by atoms with Gasteiger partial charge in [0.2, 0.25) is 0 Å². The zero-order valence-electron chi connectivity index (χ0n) is 11.7. The molecule has 0 fully saturated rings. The van der Waals surface area contributed by atoms with Gasteiger partial charge in [0.1, 0.15) is 5.82 Å². The topological polar surface area (TPSA) is 47.7 Å². The van der Waals surface area contributed by atoms with Gasteiger partial charge in [-0.2, -0.15) is 5.10 Å². The van der Waals surface area contributed by atoms with E-state index in [1.165, 1.54) is 11.3 Å². The van der Waals surface area contributed by atoms with Crippen molar-refractivity contribution in [3.8, 4) is 0 Å². The van der Waals surface area contributed by atoms with Crippen LogP contribution in [-0.2, 0) is 20.5 Å². The van der Waals surface area contributed by atoms with Crippen molar-refractivity contribution in [3.05, 3.63) is 35.2 Å². The number of aromatic nitrogens is 4. The van der Waals surface area contributed by atoms with E-state index in [-0.39, 0.29) is 6.04 Å². The first-order chi connectivity index (χ1) is 8.54. The van der Waals surface area contributed by atoms with Crippen molar-refractivity contribution in [3.63, 3.8) is 0 Å². The molecule has 5 heteroatoms. The van der Waals surface area contributed by atoms with Crippen molar-refractivity contribution in [2.75, 3.05) is 7.05 Å². The highest BCUT2D eigenvalue weighted by atomic mass is 15.3. The van der Waals surface area contributed by atoms with Gasteiger partial charge >= 0.3 is 0 Å². The van der Waals surface area contributed by atoms with Crippen LogP contribution in [0.5, 0.6) is 0 Å². The van der Waals surface area contributed by atoms with E-state index in [0.29, 0.717) is 0 Å². The summed E-state index contributed by atoms with van der Waals surface area (Å²) in [5.41, 5.74) is 3.63. The number of nitrogens with zero attached hydrogens (tertiary/aromatic N) is 4. The molecule has 2 heterocycles.